The number of nitrogens with one attached hydrogen (secondary N) is 1. The zero-order valence-corrected chi connectivity index (χ0v) is 19.7. The molecule has 2 aromatic carbocycles. The molecule has 0 atom stereocenters. The molecule has 4 aromatic rings. The van der Waals surface area contributed by atoms with E-state index in [9.17, 15) is 14.4 Å². The van der Waals surface area contributed by atoms with Gasteiger partial charge in [-0.25, -0.2) is 9.67 Å². The Kier molecular flexibility index (Phi) is 6.47. The predicted octanol–water partition coefficient (Wildman–Crippen LogP) is 2.95. The van der Waals surface area contributed by atoms with Crippen LogP contribution in [0.5, 0.6) is 0 Å². The third kappa shape index (κ3) is 4.84. The van der Waals surface area contributed by atoms with E-state index in [-0.39, 0.29) is 18.6 Å². The molecule has 2 aromatic heterocycles. The summed E-state index contributed by atoms with van der Waals surface area (Å²) < 4.78 is 2.81. The number of amides is 2. The molecule has 1 N–H and O–H groups in total. The first-order valence-corrected chi connectivity index (χ1v) is 10.9. The number of benzene rings is 2. The van der Waals surface area contributed by atoms with Gasteiger partial charge in [-0.1, -0.05) is 29.8 Å². The Morgan fingerprint density at radius 3 is 2.53 bits per heavy atom. The van der Waals surface area contributed by atoms with Gasteiger partial charge in [0.15, 0.2) is 5.65 Å². The first-order chi connectivity index (χ1) is 16.2. The van der Waals surface area contributed by atoms with E-state index in [0.717, 1.165) is 16.8 Å². The van der Waals surface area contributed by atoms with Crippen molar-refractivity contribution in [2.24, 2.45) is 0 Å². The second-order valence-electron chi connectivity index (χ2n) is 8.10. The highest BCUT2D eigenvalue weighted by atomic mass is 35.5. The maximum Gasteiger partial charge on any atom is 0.264 e. The number of likely N-dealkylation sites (N-methyl/N-ethyl adjacent to an activating group) is 1. The fourth-order valence-corrected chi connectivity index (χ4v) is 3.83. The topological polar surface area (TPSA) is 102 Å². The molecule has 0 aliphatic carbocycles. The molecule has 0 saturated carbocycles. The second-order valence-corrected chi connectivity index (χ2v) is 8.50. The summed E-state index contributed by atoms with van der Waals surface area (Å²) in [6, 6.07) is 12.8. The van der Waals surface area contributed by atoms with E-state index in [1.807, 2.05) is 32.0 Å². The van der Waals surface area contributed by atoms with Gasteiger partial charge in [-0.05, 0) is 49.2 Å². The van der Waals surface area contributed by atoms with Crippen molar-refractivity contribution in [1.29, 1.82) is 0 Å². The van der Waals surface area contributed by atoms with Crippen LogP contribution in [0.4, 0.5) is 5.69 Å². The molecule has 2 heterocycles. The lowest BCUT2D eigenvalue weighted by Crippen LogP contribution is -2.38. The Hall–Kier alpha value is -3.98. The molecule has 0 radical (unpaired) electrons. The molecule has 4 rings (SSSR count). The van der Waals surface area contributed by atoms with Gasteiger partial charge < -0.3 is 10.2 Å². The number of carbonyl (C=O) groups excluding carboxylic acids is 2. The molecule has 10 heteroatoms. The molecule has 9 nitrogen and oxygen atoms in total. The van der Waals surface area contributed by atoms with Crippen molar-refractivity contribution in [2.45, 2.75) is 20.4 Å². The minimum Gasteiger partial charge on any atom is -0.335 e. The van der Waals surface area contributed by atoms with Crippen molar-refractivity contribution in [3.8, 4) is 5.69 Å². The van der Waals surface area contributed by atoms with Gasteiger partial charge in [0.25, 0.3) is 5.56 Å². The number of halogens is 1. The number of nitrogens with zero attached hydrogens (tertiary/aromatic N) is 5. The summed E-state index contributed by atoms with van der Waals surface area (Å²) in [5, 5.41) is 7.70. The molecule has 0 unspecified atom stereocenters. The number of aryl methyl sites for hydroxylation is 2. The summed E-state index contributed by atoms with van der Waals surface area (Å²) in [4.78, 5) is 43.6. The van der Waals surface area contributed by atoms with Gasteiger partial charge in [0, 0.05) is 7.05 Å². The zero-order chi connectivity index (χ0) is 24.4. The fourth-order valence-electron chi connectivity index (χ4n) is 3.65. The van der Waals surface area contributed by atoms with Crippen LogP contribution in [0, 0.1) is 13.8 Å². The summed E-state index contributed by atoms with van der Waals surface area (Å²) >= 11 is 6.05. The van der Waals surface area contributed by atoms with Crippen LogP contribution in [-0.4, -0.2) is 49.6 Å². The molecule has 0 aliphatic heterocycles. The predicted molar refractivity (Wildman–Crippen MR) is 130 cm³/mol. The minimum absolute atomic E-state index is 0.195. The molecule has 0 spiro atoms. The molecular weight excluding hydrogens is 456 g/mol. The van der Waals surface area contributed by atoms with Crippen LogP contribution in [-0.2, 0) is 16.1 Å². The molecule has 2 amide bonds. The van der Waals surface area contributed by atoms with E-state index in [1.54, 1.807) is 28.9 Å². The van der Waals surface area contributed by atoms with Crippen molar-refractivity contribution in [1.82, 2.24) is 24.2 Å². The van der Waals surface area contributed by atoms with E-state index < -0.39 is 11.8 Å². The van der Waals surface area contributed by atoms with Crippen molar-refractivity contribution in [2.75, 3.05) is 18.9 Å². The van der Waals surface area contributed by atoms with Crippen molar-refractivity contribution < 1.29 is 9.59 Å². The Labute approximate surface area is 200 Å². The lowest BCUT2D eigenvalue weighted by Gasteiger charge is -2.17. The Morgan fingerprint density at radius 1 is 1.12 bits per heavy atom. The number of aromatic nitrogens is 4. The fraction of sp³-hybridized carbons (Fsp3) is 0.208. The lowest BCUT2D eigenvalue weighted by atomic mass is 10.1. The van der Waals surface area contributed by atoms with Crippen LogP contribution in [0.15, 0.2) is 59.8 Å². The number of fused-ring (bicyclic) bond motifs is 1. The molecule has 0 saturated heterocycles. The average Bonchev–Trinajstić information content (AvgIpc) is 3.21. The second kappa shape index (κ2) is 9.48. The smallest absolute Gasteiger partial charge is 0.264 e. The van der Waals surface area contributed by atoms with Crippen LogP contribution in [0.1, 0.15) is 11.1 Å². The summed E-state index contributed by atoms with van der Waals surface area (Å²) in [5.41, 5.74) is 3.42. The Morgan fingerprint density at radius 2 is 1.82 bits per heavy atom. The van der Waals surface area contributed by atoms with Crippen molar-refractivity contribution >= 4 is 40.1 Å². The van der Waals surface area contributed by atoms with Crippen LogP contribution in [0.2, 0.25) is 5.02 Å². The average molecular weight is 479 g/mol. The molecule has 0 aliphatic rings. The Balaban J connectivity index is 1.49. The number of rotatable bonds is 6. The molecule has 0 fully saturated rings. The van der Waals surface area contributed by atoms with Gasteiger partial charge in [0.1, 0.15) is 18.3 Å². The normalized spacial score (nSPS) is 10.9. The lowest BCUT2D eigenvalue weighted by molar-refractivity contribution is -0.133. The van der Waals surface area contributed by atoms with Gasteiger partial charge in [0.05, 0.1) is 29.1 Å². The largest absolute Gasteiger partial charge is 0.335 e. The quantitative estimate of drug-likeness (QED) is 0.459. The molecule has 0 bridgehead atoms. The summed E-state index contributed by atoms with van der Waals surface area (Å²) in [6.07, 6.45) is 2.77. The molecule has 34 heavy (non-hydrogen) atoms. The van der Waals surface area contributed by atoms with E-state index in [4.69, 9.17) is 11.6 Å². The van der Waals surface area contributed by atoms with Crippen LogP contribution in [0.3, 0.4) is 0 Å². The minimum atomic E-state index is -0.417. The number of carbonyl (C=O) groups is 2. The number of anilines is 1. The van der Waals surface area contributed by atoms with Crippen LogP contribution < -0.4 is 10.9 Å². The van der Waals surface area contributed by atoms with E-state index >= 15 is 0 Å². The van der Waals surface area contributed by atoms with Crippen LogP contribution >= 0.6 is 11.6 Å². The van der Waals surface area contributed by atoms with Gasteiger partial charge in [-0.3, -0.25) is 19.0 Å². The van der Waals surface area contributed by atoms with Crippen LogP contribution in [0.25, 0.3) is 16.7 Å². The number of hydrogen-bond acceptors (Lipinski definition) is 5. The Bertz CT molecular complexity index is 1440. The standard InChI is InChI=1S/C24H23ClN6O3/c1-15-8-16(2)10-17(9-15)31-23-18(11-27-31)24(34)30(14-26-23)13-22(33)29(3)12-21(32)28-20-7-5-4-6-19(20)25/h4-11,14H,12-13H2,1-3H3,(H,28,32). The van der Waals surface area contributed by atoms with Gasteiger partial charge >= 0.3 is 0 Å². The third-order valence-electron chi connectivity index (χ3n) is 5.27. The van der Waals surface area contributed by atoms with Gasteiger partial charge in [0.2, 0.25) is 11.8 Å². The molecule has 174 valence electrons. The first kappa shape index (κ1) is 23.2. The maximum atomic E-state index is 13.0. The number of hydrogen-bond donors (Lipinski definition) is 1. The SMILES string of the molecule is Cc1cc(C)cc(-n2ncc3c(=O)n(CC(=O)N(C)CC(=O)Nc4ccccc4Cl)cnc32)c1. The maximum absolute atomic E-state index is 13.0. The summed E-state index contributed by atoms with van der Waals surface area (Å²) in [7, 11) is 1.49. The molecular formula is C24H23ClN6O3. The van der Waals surface area contributed by atoms with Crippen molar-refractivity contribution in [3.05, 3.63) is 81.5 Å². The highest BCUT2D eigenvalue weighted by molar-refractivity contribution is 6.33. The zero-order valence-electron chi connectivity index (χ0n) is 18.9. The first-order valence-electron chi connectivity index (χ1n) is 10.5. The van der Waals surface area contributed by atoms with E-state index in [0.29, 0.717) is 21.7 Å². The highest BCUT2D eigenvalue weighted by Gasteiger charge is 2.17. The van der Waals surface area contributed by atoms with Gasteiger partial charge in [-0.2, -0.15) is 5.10 Å². The summed E-state index contributed by atoms with van der Waals surface area (Å²) in [5.74, 6) is -0.821. The van der Waals surface area contributed by atoms with Gasteiger partial charge in [-0.15, -0.1) is 0 Å². The van der Waals surface area contributed by atoms with E-state index in [2.05, 4.69) is 15.4 Å². The summed E-state index contributed by atoms with van der Waals surface area (Å²) in [6.45, 7) is 3.52. The van der Waals surface area contributed by atoms with Crippen molar-refractivity contribution in [3.63, 3.8) is 0 Å². The number of para-hydroxylation sites is 1. The highest BCUT2D eigenvalue weighted by Crippen LogP contribution is 2.20. The van der Waals surface area contributed by atoms with E-state index in [1.165, 1.54) is 29.0 Å². The monoisotopic (exact) mass is 478 g/mol. The third-order valence-corrected chi connectivity index (χ3v) is 5.60.